The number of hydrogen-bond donors (Lipinski definition) is 2. The summed E-state index contributed by atoms with van der Waals surface area (Å²) in [6.45, 7) is 4.97. The number of benzene rings is 1. The molecule has 0 radical (unpaired) electrons. The molecule has 0 atom stereocenters. The molecule has 4 heteroatoms. The summed E-state index contributed by atoms with van der Waals surface area (Å²) in [5, 5.41) is 8.22. The molecule has 16 heavy (non-hydrogen) atoms. The molecular formula is C12H11N3O. The van der Waals surface area contributed by atoms with Crippen molar-refractivity contribution in [3.63, 3.8) is 0 Å². The maximum Gasteiger partial charge on any atom is 0.193 e. The third-order valence-corrected chi connectivity index (χ3v) is 2.54. The van der Waals surface area contributed by atoms with Crippen molar-refractivity contribution in [1.82, 2.24) is 4.98 Å². The first-order chi connectivity index (χ1) is 7.65. The fourth-order valence-electron chi connectivity index (χ4n) is 1.65. The van der Waals surface area contributed by atoms with Crippen LogP contribution in [0.1, 0.15) is 11.3 Å². The number of amidine groups is 1. The highest BCUT2D eigenvalue weighted by Crippen LogP contribution is 2.11. The van der Waals surface area contributed by atoms with E-state index in [1.165, 1.54) is 0 Å². The minimum Gasteiger partial charge on any atom is -0.352 e. The van der Waals surface area contributed by atoms with E-state index in [0.29, 0.717) is 22.2 Å². The Kier molecular flexibility index (Phi) is 2.40. The van der Waals surface area contributed by atoms with E-state index in [-0.39, 0.29) is 11.3 Å². The quantitative estimate of drug-likeness (QED) is 0.551. The second-order valence-corrected chi connectivity index (χ2v) is 3.51. The molecule has 1 aromatic carbocycles. The van der Waals surface area contributed by atoms with E-state index in [0.717, 1.165) is 0 Å². The van der Waals surface area contributed by atoms with Gasteiger partial charge in [-0.25, -0.2) is 4.99 Å². The molecule has 0 unspecified atom stereocenters. The molecule has 0 amide bonds. The third kappa shape index (κ3) is 1.44. The molecule has 80 valence electrons. The zero-order valence-corrected chi connectivity index (χ0v) is 8.87. The first-order valence-corrected chi connectivity index (χ1v) is 4.82. The largest absolute Gasteiger partial charge is 0.352 e. The second-order valence-electron chi connectivity index (χ2n) is 3.51. The highest BCUT2D eigenvalue weighted by molar-refractivity contribution is 6.00. The van der Waals surface area contributed by atoms with Gasteiger partial charge in [-0.3, -0.25) is 10.2 Å². The van der Waals surface area contributed by atoms with Gasteiger partial charge in [0.05, 0.1) is 5.69 Å². The standard InChI is InChI=1S/C12H11N3O/c1-7-10(12(13)14-2)15-9-6-4-3-5-8(9)11(7)16/h3-6,13H,2H2,1H3,(H,15,16). The summed E-state index contributed by atoms with van der Waals surface area (Å²) in [6.07, 6.45) is 0. The van der Waals surface area contributed by atoms with Crippen LogP contribution in [0.2, 0.25) is 0 Å². The van der Waals surface area contributed by atoms with Gasteiger partial charge in [-0.15, -0.1) is 0 Å². The normalized spacial score (nSPS) is 10.3. The molecule has 2 N–H and O–H groups in total. The summed E-state index contributed by atoms with van der Waals surface area (Å²) < 4.78 is 0. The van der Waals surface area contributed by atoms with Gasteiger partial charge in [0.15, 0.2) is 11.3 Å². The SMILES string of the molecule is C=NC(=N)c1[nH]c2ccccc2c(=O)c1C. The Balaban J connectivity index is 2.89. The van der Waals surface area contributed by atoms with E-state index < -0.39 is 0 Å². The molecule has 1 aromatic heterocycles. The fourth-order valence-corrected chi connectivity index (χ4v) is 1.65. The van der Waals surface area contributed by atoms with Crippen LogP contribution in [0.5, 0.6) is 0 Å². The van der Waals surface area contributed by atoms with Crippen molar-refractivity contribution >= 4 is 23.5 Å². The van der Waals surface area contributed by atoms with Crippen LogP contribution in [-0.2, 0) is 0 Å². The number of nitrogens with zero attached hydrogens (tertiary/aromatic N) is 1. The Bertz CT molecular complexity index is 640. The molecule has 0 aliphatic carbocycles. The molecule has 1 heterocycles. The van der Waals surface area contributed by atoms with Crippen molar-refractivity contribution in [3.8, 4) is 0 Å². The summed E-state index contributed by atoms with van der Waals surface area (Å²) in [6, 6.07) is 7.21. The molecule has 0 spiro atoms. The maximum absolute atomic E-state index is 12.0. The molecule has 0 aliphatic heterocycles. The second kappa shape index (κ2) is 3.73. The van der Waals surface area contributed by atoms with Gasteiger partial charge < -0.3 is 4.98 Å². The van der Waals surface area contributed by atoms with E-state index in [4.69, 9.17) is 5.41 Å². The molecule has 0 aliphatic rings. The average molecular weight is 213 g/mol. The average Bonchev–Trinajstić information content (AvgIpc) is 2.33. The van der Waals surface area contributed by atoms with E-state index >= 15 is 0 Å². The van der Waals surface area contributed by atoms with Crippen LogP contribution in [0.25, 0.3) is 10.9 Å². The van der Waals surface area contributed by atoms with Gasteiger partial charge in [-0.1, -0.05) is 12.1 Å². The van der Waals surface area contributed by atoms with Crippen LogP contribution < -0.4 is 5.43 Å². The highest BCUT2D eigenvalue weighted by atomic mass is 16.1. The van der Waals surface area contributed by atoms with Crippen LogP contribution in [0.3, 0.4) is 0 Å². The first-order valence-electron chi connectivity index (χ1n) is 4.82. The lowest BCUT2D eigenvalue weighted by Gasteiger charge is -2.06. The van der Waals surface area contributed by atoms with Crippen LogP contribution >= 0.6 is 0 Å². The summed E-state index contributed by atoms with van der Waals surface area (Å²) in [4.78, 5) is 18.5. The lowest BCUT2D eigenvalue weighted by atomic mass is 10.1. The number of aliphatic imine (C=N–C) groups is 1. The smallest absolute Gasteiger partial charge is 0.193 e. The van der Waals surface area contributed by atoms with Gasteiger partial charge in [0.1, 0.15) is 0 Å². The summed E-state index contributed by atoms with van der Waals surface area (Å²) in [7, 11) is 0. The summed E-state index contributed by atoms with van der Waals surface area (Å²) >= 11 is 0. The van der Waals surface area contributed by atoms with E-state index in [2.05, 4.69) is 16.7 Å². The fraction of sp³-hybridized carbons (Fsp3) is 0.0833. The van der Waals surface area contributed by atoms with Crippen molar-refractivity contribution < 1.29 is 0 Å². The van der Waals surface area contributed by atoms with Gasteiger partial charge in [0.25, 0.3) is 0 Å². The minimum atomic E-state index is -0.0715. The number of nitrogens with one attached hydrogen (secondary N) is 2. The molecule has 2 rings (SSSR count). The zero-order valence-electron chi connectivity index (χ0n) is 8.87. The molecule has 4 nitrogen and oxygen atoms in total. The Hall–Kier alpha value is -2.23. The van der Waals surface area contributed by atoms with Crippen molar-refractivity contribution in [3.05, 3.63) is 45.7 Å². The van der Waals surface area contributed by atoms with E-state index in [9.17, 15) is 4.79 Å². The number of fused-ring (bicyclic) bond motifs is 1. The van der Waals surface area contributed by atoms with Crippen LogP contribution in [-0.4, -0.2) is 17.5 Å². The first kappa shape index (κ1) is 10.3. The van der Waals surface area contributed by atoms with Crippen LogP contribution in [0.4, 0.5) is 0 Å². The third-order valence-electron chi connectivity index (χ3n) is 2.54. The topological polar surface area (TPSA) is 69.1 Å². The number of H-pyrrole nitrogens is 1. The number of hydrogen-bond acceptors (Lipinski definition) is 2. The number of pyridine rings is 1. The summed E-state index contributed by atoms with van der Waals surface area (Å²) in [5.74, 6) is -0.0136. The van der Waals surface area contributed by atoms with Crippen molar-refractivity contribution in [1.29, 1.82) is 5.41 Å². The Labute approximate surface area is 92.2 Å². The number of rotatable bonds is 1. The molecular weight excluding hydrogens is 202 g/mol. The zero-order chi connectivity index (χ0) is 11.7. The monoisotopic (exact) mass is 213 g/mol. The van der Waals surface area contributed by atoms with Gasteiger partial charge in [-0.2, -0.15) is 0 Å². The van der Waals surface area contributed by atoms with Crippen LogP contribution in [0, 0.1) is 12.3 Å². The number of aromatic nitrogens is 1. The predicted octanol–water partition coefficient (Wildman–Crippen LogP) is 1.86. The Morgan fingerprint density at radius 3 is 2.81 bits per heavy atom. The maximum atomic E-state index is 12.0. The molecule has 0 saturated carbocycles. The lowest BCUT2D eigenvalue weighted by Crippen LogP contribution is -2.14. The van der Waals surface area contributed by atoms with Crippen molar-refractivity contribution in [2.45, 2.75) is 6.92 Å². The Morgan fingerprint density at radius 1 is 1.44 bits per heavy atom. The van der Waals surface area contributed by atoms with Crippen molar-refractivity contribution in [2.75, 3.05) is 0 Å². The molecule has 2 aromatic rings. The molecule has 0 bridgehead atoms. The predicted molar refractivity (Wildman–Crippen MR) is 65.7 cm³/mol. The minimum absolute atomic E-state index is 0.0136. The summed E-state index contributed by atoms with van der Waals surface area (Å²) in [5.41, 5.74) is 1.56. The van der Waals surface area contributed by atoms with E-state index in [1.54, 1.807) is 19.1 Å². The van der Waals surface area contributed by atoms with Gasteiger partial charge in [0.2, 0.25) is 0 Å². The number of aromatic amines is 1. The van der Waals surface area contributed by atoms with Gasteiger partial charge in [0, 0.05) is 16.5 Å². The van der Waals surface area contributed by atoms with Crippen LogP contribution in [0.15, 0.2) is 34.1 Å². The Morgan fingerprint density at radius 2 is 2.12 bits per heavy atom. The highest BCUT2D eigenvalue weighted by Gasteiger charge is 2.10. The molecule has 0 saturated heterocycles. The number of para-hydroxylation sites is 1. The van der Waals surface area contributed by atoms with Gasteiger partial charge in [-0.05, 0) is 25.8 Å². The molecule has 0 fully saturated rings. The van der Waals surface area contributed by atoms with E-state index in [1.807, 2.05) is 12.1 Å². The van der Waals surface area contributed by atoms with Crippen molar-refractivity contribution in [2.24, 2.45) is 4.99 Å². The lowest BCUT2D eigenvalue weighted by molar-refractivity contribution is 1.23. The van der Waals surface area contributed by atoms with Gasteiger partial charge >= 0.3 is 0 Å².